The molecule has 7 heteroatoms. The molecule has 1 aromatic carbocycles. The third-order valence-corrected chi connectivity index (χ3v) is 4.81. The fourth-order valence-electron chi connectivity index (χ4n) is 3.44. The average molecular weight is 400 g/mol. The fraction of sp³-hybridized carbons (Fsp3) is 0.217. The zero-order valence-corrected chi connectivity index (χ0v) is 17.5. The van der Waals surface area contributed by atoms with Crippen molar-refractivity contribution >= 4 is 11.7 Å². The van der Waals surface area contributed by atoms with Gasteiger partial charge in [0.1, 0.15) is 23.5 Å². The number of carbonyl (C=O) groups is 1. The fourth-order valence-corrected chi connectivity index (χ4v) is 3.44. The Morgan fingerprint density at radius 2 is 1.83 bits per heavy atom. The summed E-state index contributed by atoms with van der Waals surface area (Å²) in [6.07, 6.45) is 1.68. The van der Waals surface area contributed by atoms with E-state index >= 15 is 0 Å². The van der Waals surface area contributed by atoms with E-state index in [0.29, 0.717) is 23.0 Å². The van der Waals surface area contributed by atoms with E-state index in [1.165, 1.54) is 11.1 Å². The zero-order chi connectivity index (χ0) is 21.3. The van der Waals surface area contributed by atoms with Gasteiger partial charge in [0, 0.05) is 11.7 Å². The van der Waals surface area contributed by atoms with Crippen LogP contribution in [0, 0.1) is 13.8 Å². The molecular weight excluding hydrogens is 376 g/mol. The third-order valence-electron chi connectivity index (χ3n) is 4.81. The van der Waals surface area contributed by atoms with E-state index < -0.39 is 0 Å². The predicted molar refractivity (Wildman–Crippen MR) is 117 cm³/mol. The van der Waals surface area contributed by atoms with Crippen molar-refractivity contribution in [3.05, 3.63) is 71.7 Å². The quantitative estimate of drug-likeness (QED) is 0.504. The monoisotopic (exact) mass is 400 g/mol. The number of rotatable bonds is 5. The topological polar surface area (TPSA) is 88.5 Å². The Morgan fingerprint density at radius 1 is 1.07 bits per heavy atom. The second kappa shape index (κ2) is 7.94. The first-order valence-electron chi connectivity index (χ1n) is 9.86. The molecule has 0 saturated heterocycles. The lowest BCUT2D eigenvalue weighted by Gasteiger charge is -2.10. The smallest absolute Gasteiger partial charge is 0.273 e. The van der Waals surface area contributed by atoms with Crippen molar-refractivity contribution in [3.8, 4) is 22.8 Å². The first-order chi connectivity index (χ1) is 14.4. The van der Waals surface area contributed by atoms with E-state index in [1.54, 1.807) is 18.5 Å². The van der Waals surface area contributed by atoms with Crippen molar-refractivity contribution in [3.63, 3.8) is 0 Å². The van der Waals surface area contributed by atoms with Crippen LogP contribution in [0.4, 0.5) is 5.82 Å². The number of hydrogen-bond acceptors (Lipinski definition) is 4. The molecule has 0 aliphatic carbocycles. The maximum absolute atomic E-state index is 12.8. The molecule has 7 nitrogen and oxygen atoms in total. The predicted octanol–water partition coefficient (Wildman–Crippen LogP) is 4.79. The lowest BCUT2D eigenvalue weighted by atomic mass is 10.1. The highest BCUT2D eigenvalue weighted by Gasteiger charge is 2.14. The molecule has 0 fully saturated rings. The molecule has 152 valence electrons. The molecule has 0 saturated carbocycles. The lowest BCUT2D eigenvalue weighted by Crippen LogP contribution is -2.13. The van der Waals surface area contributed by atoms with Crippen molar-refractivity contribution in [2.75, 3.05) is 5.32 Å². The molecular formula is C23H24N6O. The van der Waals surface area contributed by atoms with E-state index in [2.05, 4.69) is 71.4 Å². The highest BCUT2D eigenvalue weighted by atomic mass is 16.1. The molecule has 0 aliphatic heterocycles. The molecule has 30 heavy (non-hydrogen) atoms. The number of benzene rings is 1. The van der Waals surface area contributed by atoms with Crippen molar-refractivity contribution < 1.29 is 4.79 Å². The number of amides is 1. The van der Waals surface area contributed by atoms with Gasteiger partial charge in [-0.25, -0.2) is 4.98 Å². The minimum atomic E-state index is -0.249. The summed E-state index contributed by atoms with van der Waals surface area (Å²) in [6.45, 7) is 8.23. The molecule has 4 aromatic rings. The molecule has 4 rings (SSSR count). The highest BCUT2D eigenvalue weighted by molar-refractivity contribution is 6.03. The number of H-pyrrole nitrogens is 1. The Morgan fingerprint density at radius 3 is 2.57 bits per heavy atom. The van der Waals surface area contributed by atoms with Crippen molar-refractivity contribution in [2.24, 2.45) is 0 Å². The van der Waals surface area contributed by atoms with Crippen LogP contribution < -0.4 is 5.32 Å². The molecule has 0 bridgehead atoms. The summed E-state index contributed by atoms with van der Waals surface area (Å²) in [5.41, 5.74) is 5.45. The maximum atomic E-state index is 12.8. The third kappa shape index (κ3) is 4.00. The molecule has 0 atom stereocenters. The largest absolute Gasteiger partial charge is 0.351 e. The van der Waals surface area contributed by atoms with Gasteiger partial charge in [0.25, 0.3) is 5.91 Å². The summed E-state index contributed by atoms with van der Waals surface area (Å²) < 4.78 is 1.94. The van der Waals surface area contributed by atoms with Crippen LogP contribution in [0.1, 0.15) is 41.5 Å². The summed E-state index contributed by atoms with van der Waals surface area (Å²) in [6, 6.07) is 15.7. The number of anilines is 1. The van der Waals surface area contributed by atoms with Crippen LogP contribution in [0.2, 0.25) is 0 Å². The van der Waals surface area contributed by atoms with Crippen molar-refractivity contribution in [1.29, 1.82) is 0 Å². The van der Waals surface area contributed by atoms with Crippen LogP contribution in [-0.4, -0.2) is 30.6 Å². The maximum Gasteiger partial charge on any atom is 0.273 e. The van der Waals surface area contributed by atoms with E-state index in [1.807, 2.05) is 22.8 Å². The second-order valence-electron chi connectivity index (χ2n) is 7.68. The lowest BCUT2D eigenvalue weighted by molar-refractivity contribution is 0.102. The Kier molecular flexibility index (Phi) is 5.18. The van der Waals surface area contributed by atoms with Crippen LogP contribution in [0.15, 0.2) is 54.9 Å². The van der Waals surface area contributed by atoms with Crippen LogP contribution in [-0.2, 0) is 0 Å². The molecule has 3 heterocycles. The van der Waals surface area contributed by atoms with E-state index in [4.69, 9.17) is 0 Å². The summed E-state index contributed by atoms with van der Waals surface area (Å²) in [7, 11) is 0. The van der Waals surface area contributed by atoms with Crippen LogP contribution in [0.5, 0.6) is 0 Å². The molecule has 0 unspecified atom stereocenters. The van der Waals surface area contributed by atoms with Gasteiger partial charge in [-0.15, -0.1) is 10.2 Å². The Labute approximate surface area is 175 Å². The van der Waals surface area contributed by atoms with E-state index in [9.17, 15) is 4.79 Å². The van der Waals surface area contributed by atoms with Crippen LogP contribution >= 0.6 is 0 Å². The van der Waals surface area contributed by atoms with E-state index in [0.717, 1.165) is 11.3 Å². The SMILES string of the molecule is Cc1cc(C)cc(-c2ccc(C(=O)Nc3cccc(-c4nncn4C(C)C)n3)[nH]2)c1. The normalized spacial score (nSPS) is 11.1. The van der Waals surface area contributed by atoms with E-state index in [-0.39, 0.29) is 11.9 Å². The number of aryl methyl sites for hydroxylation is 2. The van der Waals surface area contributed by atoms with Gasteiger partial charge in [-0.05, 0) is 69.7 Å². The Balaban J connectivity index is 1.55. The first kappa shape index (κ1) is 19.6. The molecule has 2 N–H and O–H groups in total. The van der Waals surface area contributed by atoms with Gasteiger partial charge in [-0.2, -0.15) is 0 Å². The Hall–Kier alpha value is -3.74. The second-order valence-corrected chi connectivity index (χ2v) is 7.68. The molecule has 0 spiro atoms. The van der Waals surface area contributed by atoms with Gasteiger partial charge < -0.3 is 14.9 Å². The number of aromatic nitrogens is 5. The Bertz CT molecular complexity index is 1180. The van der Waals surface area contributed by atoms with Gasteiger partial charge >= 0.3 is 0 Å². The summed E-state index contributed by atoms with van der Waals surface area (Å²) in [4.78, 5) is 20.5. The summed E-state index contributed by atoms with van der Waals surface area (Å²) in [5.74, 6) is 0.872. The highest BCUT2D eigenvalue weighted by Crippen LogP contribution is 2.23. The number of nitrogens with zero attached hydrogens (tertiary/aromatic N) is 4. The van der Waals surface area contributed by atoms with Crippen molar-refractivity contribution in [1.82, 2.24) is 24.7 Å². The standard InChI is InChI=1S/C23H24N6O/c1-14(2)29-13-24-28-22(29)19-6-5-7-21(26-19)27-23(30)20-9-8-18(25-20)17-11-15(3)10-16(4)12-17/h5-14,25H,1-4H3,(H,26,27,30). The first-order valence-corrected chi connectivity index (χ1v) is 9.86. The van der Waals surface area contributed by atoms with Crippen LogP contribution in [0.3, 0.4) is 0 Å². The van der Waals surface area contributed by atoms with Gasteiger partial charge in [-0.1, -0.05) is 23.3 Å². The average Bonchev–Trinajstić information content (AvgIpc) is 3.37. The van der Waals surface area contributed by atoms with Gasteiger partial charge in [0.15, 0.2) is 5.82 Å². The van der Waals surface area contributed by atoms with Gasteiger partial charge in [0.2, 0.25) is 0 Å². The summed E-state index contributed by atoms with van der Waals surface area (Å²) >= 11 is 0. The minimum Gasteiger partial charge on any atom is -0.351 e. The zero-order valence-electron chi connectivity index (χ0n) is 17.5. The number of pyridine rings is 1. The van der Waals surface area contributed by atoms with Crippen molar-refractivity contribution in [2.45, 2.75) is 33.7 Å². The summed E-state index contributed by atoms with van der Waals surface area (Å²) in [5, 5.41) is 11.0. The van der Waals surface area contributed by atoms with Gasteiger partial charge in [0.05, 0.1) is 0 Å². The number of hydrogen-bond donors (Lipinski definition) is 2. The van der Waals surface area contributed by atoms with Crippen LogP contribution in [0.25, 0.3) is 22.8 Å². The number of carbonyl (C=O) groups excluding carboxylic acids is 1. The number of aromatic amines is 1. The molecule has 0 radical (unpaired) electrons. The molecule has 1 amide bonds. The van der Waals surface area contributed by atoms with Gasteiger partial charge in [-0.3, -0.25) is 4.79 Å². The molecule has 0 aliphatic rings. The minimum absolute atomic E-state index is 0.206. The number of nitrogens with one attached hydrogen (secondary N) is 2. The molecule has 3 aromatic heterocycles.